The highest BCUT2D eigenvalue weighted by Crippen LogP contribution is 2.13. The lowest BCUT2D eigenvalue weighted by Gasteiger charge is -2.20. The zero-order chi connectivity index (χ0) is 14.4. The largest absolute Gasteiger partial charge is 0.455 e. The number of benzene rings is 1. The number of aliphatic hydroxyl groups is 1. The van der Waals surface area contributed by atoms with E-state index >= 15 is 0 Å². The minimum atomic E-state index is -0.248. The highest BCUT2D eigenvalue weighted by atomic mass is 16.4. The molecule has 2 aromatic rings. The summed E-state index contributed by atoms with van der Waals surface area (Å²) in [6, 6.07) is 12.9. The van der Waals surface area contributed by atoms with E-state index in [-0.39, 0.29) is 31.4 Å². The molecule has 0 bridgehead atoms. The second-order valence-corrected chi connectivity index (χ2v) is 4.41. The lowest BCUT2D eigenvalue weighted by molar-refractivity contribution is 0.0674. The number of carbonyl (C=O) groups is 1. The molecule has 0 aliphatic rings. The van der Waals surface area contributed by atoms with Crippen molar-refractivity contribution in [2.45, 2.75) is 13.1 Å². The fourth-order valence-corrected chi connectivity index (χ4v) is 1.94. The van der Waals surface area contributed by atoms with Gasteiger partial charge in [0.25, 0.3) is 5.91 Å². The van der Waals surface area contributed by atoms with Crippen LogP contribution in [0.15, 0.2) is 46.9 Å². The van der Waals surface area contributed by atoms with Gasteiger partial charge in [-0.2, -0.15) is 0 Å². The van der Waals surface area contributed by atoms with Crippen molar-refractivity contribution in [3.63, 3.8) is 0 Å². The third-order valence-corrected chi connectivity index (χ3v) is 2.95. The standard InChI is InChI=1S/C15H18N2O3/c16-10-13-6-7-14(20-13)15(19)17(8-9-18)11-12-4-2-1-3-5-12/h1-7,18H,8-11,16H2. The molecule has 2 rings (SSSR count). The first-order valence-electron chi connectivity index (χ1n) is 6.47. The van der Waals surface area contributed by atoms with Gasteiger partial charge >= 0.3 is 0 Å². The minimum absolute atomic E-state index is 0.0942. The smallest absolute Gasteiger partial charge is 0.289 e. The van der Waals surface area contributed by atoms with Crippen molar-refractivity contribution in [1.82, 2.24) is 4.90 Å². The highest BCUT2D eigenvalue weighted by Gasteiger charge is 2.19. The Labute approximate surface area is 117 Å². The molecule has 0 aliphatic heterocycles. The molecule has 5 heteroatoms. The second-order valence-electron chi connectivity index (χ2n) is 4.41. The van der Waals surface area contributed by atoms with Crippen LogP contribution in [0.25, 0.3) is 0 Å². The summed E-state index contributed by atoms with van der Waals surface area (Å²) >= 11 is 0. The molecule has 3 N–H and O–H groups in total. The van der Waals surface area contributed by atoms with Crippen molar-refractivity contribution in [2.24, 2.45) is 5.73 Å². The summed E-state index contributed by atoms with van der Waals surface area (Å²) in [5, 5.41) is 9.12. The molecule has 106 valence electrons. The Bertz CT molecular complexity index is 551. The Balaban J connectivity index is 2.13. The lowest BCUT2D eigenvalue weighted by Crippen LogP contribution is -2.32. The van der Waals surface area contributed by atoms with Crippen LogP contribution in [-0.2, 0) is 13.1 Å². The van der Waals surface area contributed by atoms with Crippen LogP contribution in [0.2, 0.25) is 0 Å². The molecule has 0 atom stereocenters. The van der Waals surface area contributed by atoms with Gasteiger partial charge in [0.2, 0.25) is 0 Å². The van der Waals surface area contributed by atoms with Crippen LogP contribution in [0.3, 0.4) is 0 Å². The zero-order valence-corrected chi connectivity index (χ0v) is 11.2. The van der Waals surface area contributed by atoms with E-state index in [4.69, 9.17) is 15.3 Å². The summed E-state index contributed by atoms with van der Waals surface area (Å²) in [5.41, 5.74) is 6.46. The van der Waals surface area contributed by atoms with E-state index in [9.17, 15) is 4.79 Å². The number of nitrogens with zero attached hydrogens (tertiary/aromatic N) is 1. The normalized spacial score (nSPS) is 10.5. The van der Waals surface area contributed by atoms with Gasteiger partial charge in [0, 0.05) is 13.1 Å². The van der Waals surface area contributed by atoms with Gasteiger partial charge in [-0.15, -0.1) is 0 Å². The number of hydrogen-bond acceptors (Lipinski definition) is 4. The SMILES string of the molecule is NCc1ccc(C(=O)N(CCO)Cc2ccccc2)o1. The van der Waals surface area contributed by atoms with Crippen LogP contribution in [0.1, 0.15) is 21.9 Å². The molecule has 0 saturated heterocycles. The number of amides is 1. The van der Waals surface area contributed by atoms with Crippen LogP contribution in [0, 0.1) is 0 Å². The molecule has 1 aromatic carbocycles. The Kier molecular flexibility index (Phi) is 4.92. The van der Waals surface area contributed by atoms with Crippen molar-refractivity contribution in [1.29, 1.82) is 0 Å². The van der Waals surface area contributed by atoms with Gasteiger partial charge in [-0.05, 0) is 17.7 Å². The third kappa shape index (κ3) is 3.46. The second kappa shape index (κ2) is 6.88. The van der Waals surface area contributed by atoms with Crippen molar-refractivity contribution in [2.75, 3.05) is 13.2 Å². The predicted octanol–water partition coefficient (Wildman–Crippen LogP) is 1.37. The van der Waals surface area contributed by atoms with Gasteiger partial charge in [-0.1, -0.05) is 30.3 Å². The van der Waals surface area contributed by atoms with Crippen molar-refractivity contribution in [3.05, 3.63) is 59.5 Å². The van der Waals surface area contributed by atoms with Gasteiger partial charge < -0.3 is 20.2 Å². The van der Waals surface area contributed by atoms with E-state index in [2.05, 4.69) is 0 Å². The molecule has 0 radical (unpaired) electrons. The number of rotatable bonds is 6. The minimum Gasteiger partial charge on any atom is -0.455 e. The molecule has 1 heterocycles. The quantitative estimate of drug-likeness (QED) is 0.834. The average Bonchev–Trinajstić information content (AvgIpc) is 2.96. The zero-order valence-electron chi connectivity index (χ0n) is 11.2. The topological polar surface area (TPSA) is 79.7 Å². The number of carbonyl (C=O) groups excluding carboxylic acids is 1. The van der Waals surface area contributed by atoms with E-state index in [1.165, 1.54) is 0 Å². The third-order valence-electron chi connectivity index (χ3n) is 2.95. The predicted molar refractivity (Wildman–Crippen MR) is 74.9 cm³/mol. The first kappa shape index (κ1) is 14.3. The first-order chi connectivity index (χ1) is 9.74. The summed E-state index contributed by atoms with van der Waals surface area (Å²) < 4.78 is 5.36. The molecule has 0 saturated carbocycles. The molecule has 1 aromatic heterocycles. The number of furan rings is 1. The summed E-state index contributed by atoms with van der Waals surface area (Å²) in [4.78, 5) is 13.9. The van der Waals surface area contributed by atoms with E-state index in [1.54, 1.807) is 17.0 Å². The van der Waals surface area contributed by atoms with Crippen molar-refractivity contribution < 1.29 is 14.3 Å². The Morgan fingerprint density at radius 3 is 2.55 bits per heavy atom. The summed E-state index contributed by atoms with van der Waals surface area (Å²) in [6.07, 6.45) is 0. The Hall–Kier alpha value is -2.11. The summed E-state index contributed by atoms with van der Waals surface area (Å²) in [7, 11) is 0. The fraction of sp³-hybridized carbons (Fsp3) is 0.267. The molecule has 20 heavy (non-hydrogen) atoms. The first-order valence-corrected chi connectivity index (χ1v) is 6.47. The van der Waals surface area contributed by atoms with Crippen molar-refractivity contribution >= 4 is 5.91 Å². The van der Waals surface area contributed by atoms with Crippen LogP contribution < -0.4 is 5.73 Å². The highest BCUT2D eigenvalue weighted by molar-refractivity contribution is 5.91. The van der Waals surface area contributed by atoms with E-state index in [1.807, 2.05) is 30.3 Å². The summed E-state index contributed by atoms with van der Waals surface area (Å²) in [5.74, 6) is 0.564. The van der Waals surface area contributed by atoms with Gasteiger partial charge in [-0.3, -0.25) is 4.79 Å². The van der Waals surface area contributed by atoms with Gasteiger partial charge in [0.1, 0.15) is 5.76 Å². The van der Waals surface area contributed by atoms with Crippen LogP contribution in [0.4, 0.5) is 0 Å². The van der Waals surface area contributed by atoms with Crippen LogP contribution in [-0.4, -0.2) is 29.1 Å². The van der Waals surface area contributed by atoms with Crippen LogP contribution >= 0.6 is 0 Å². The number of nitrogens with two attached hydrogens (primary N) is 1. The molecule has 0 unspecified atom stereocenters. The average molecular weight is 274 g/mol. The maximum atomic E-state index is 12.3. The van der Waals surface area contributed by atoms with Crippen LogP contribution in [0.5, 0.6) is 0 Å². The van der Waals surface area contributed by atoms with E-state index < -0.39 is 0 Å². The molecular formula is C15H18N2O3. The molecule has 0 spiro atoms. The Morgan fingerprint density at radius 1 is 1.20 bits per heavy atom. The van der Waals surface area contributed by atoms with E-state index in [0.29, 0.717) is 12.3 Å². The molecule has 0 fully saturated rings. The fourth-order valence-electron chi connectivity index (χ4n) is 1.94. The summed E-state index contributed by atoms with van der Waals surface area (Å²) in [6.45, 7) is 0.847. The molecule has 5 nitrogen and oxygen atoms in total. The molecular weight excluding hydrogens is 256 g/mol. The van der Waals surface area contributed by atoms with Gasteiger partial charge in [0.15, 0.2) is 5.76 Å². The Morgan fingerprint density at radius 2 is 1.95 bits per heavy atom. The number of hydrogen-bond donors (Lipinski definition) is 2. The lowest BCUT2D eigenvalue weighted by atomic mass is 10.2. The molecule has 1 amide bonds. The maximum absolute atomic E-state index is 12.3. The molecule has 0 aliphatic carbocycles. The number of aliphatic hydroxyl groups excluding tert-OH is 1. The van der Waals surface area contributed by atoms with E-state index in [0.717, 1.165) is 5.56 Å². The maximum Gasteiger partial charge on any atom is 0.289 e. The van der Waals surface area contributed by atoms with Gasteiger partial charge in [-0.25, -0.2) is 0 Å². The van der Waals surface area contributed by atoms with Gasteiger partial charge in [0.05, 0.1) is 13.2 Å². The monoisotopic (exact) mass is 274 g/mol. The van der Waals surface area contributed by atoms with Crippen molar-refractivity contribution in [3.8, 4) is 0 Å².